The molecule has 6 nitrogen and oxygen atoms in total. The van der Waals surface area contributed by atoms with E-state index in [0.717, 1.165) is 10.4 Å². The second-order valence-corrected chi connectivity index (χ2v) is 7.53. The first-order valence-electron chi connectivity index (χ1n) is 7.95. The summed E-state index contributed by atoms with van der Waals surface area (Å²) in [5, 5.41) is 6.26. The van der Waals surface area contributed by atoms with Crippen molar-refractivity contribution in [1.82, 2.24) is 14.6 Å². The third kappa shape index (κ3) is 3.57. The van der Waals surface area contributed by atoms with E-state index in [-0.39, 0.29) is 5.56 Å². The Balaban J connectivity index is 1.64. The van der Waals surface area contributed by atoms with Gasteiger partial charge in [0.2, 0.25) is 4.96 Å². The van der Waals surface area contributed by atoms with E-state index >= 15 is 0 Å². The van der Waals surface area contributed by atoms with E-state index < -0.39 is 5.97 Å². The number of aromatic nitrogens is 3. The average Bonchev–Trinajstić information content (AvgIpc) is 3.40. The van der Waals surface area contributed by atoms with Crippen molar-refractivity contribution >= 4 is 51.8 Å². The van der Waals surface area contributed by atoms with Gasteiger partial charge in [-0.25, -0.2) is 4.79 Å². The summed E-state index contributed by atoms with van der Waals surface area (Å²) in [4.78, 5) is 30.1. The van der Waals surface area contributed by atoms with Gasteiger partial charge in [0.1, 0.15) is 0 Å². The highest BCUT2D eigenvalue weighted by atomic mass is 32.1. The zero-order chi connectivity index (χ0) is 18.8. The van der Waals surface area contributed by atoms with E-state index in [4.69, 9.17) is 0 Å². The fourth-order valence-electron chi connectivity index (χ4n) is 2.45. The van der Waals surface area contributed by atoms with Crippen LogP contribution in [0.25, 0.3) is 23.2 Å². The number of hydrogen-bond acceptors (Lipinski definition) is 7. The smallest absolute Gasteiger partial charge is 0.337 e. The zero-order valence-electron chi connectivity index (χ0n) is 14.2. The second kappa shape index (κ2) is 7.26. The topological polar surface area (TPSA) is 73.6 Å². The van der Waals surface area contributed by atoms with Gasteiger partial charge in [0.25, 0.3) is 5.56 Å². The van der Waals surface area contributed by atoms with Crippen LogP contribution in [0.1, 0.15) is 26.6 Å². The number of esters is 1. The van der Waals surface area contributed by atoms with Crippen LogP contribution in [0.2, 0.25) is 0 Å². The SMILES string of the molecule is COC(=O)c1ccc(/C=c2\sc3nc(/C=C/c4cccs4)nn3c2=O)cc1. The van der Waals surface area contributed by atoms with Crippen LogP contribution in [0.4, 0.5) is 0 Å². The molecule has 0 saturated carbocycles. The quantitative estimate of drug-likeness (QED) is 0.497. The first-order chi connectivity index (χ1) is 13.1. The summed E-state index contributed by atoms with van der Waals surface area (Å²) in [6.45, 7) is 0. The highest BCUT2D eigenvalue weighted by molar-refractivity contribution is 7.15. The lowest BCUT2D eigenvalue weighted by Crippen LogP contribution is -2.23. The number of methoxy groups -OCH3 is 1. The first kappa shape index (κ1) is 17.3. The Labute approximate surface area is 161 Å². The summed E-state index contributed by atoms with van der Waals surface area (Å²) in [5.74, 6) is 0.105. The molecular formula is C19H13N3O3S2. The molecule has 0 amide bonds. The van der Waals surface area contributed by atoms with Crippen molar-refractivity contribution in [2.75, 3.05) is 7.11 Å². The monoisotopic (exact) mass is 395 g/mol. The van der Waals surface area contributed by atoms with Crippen molar-refractivity contribution in [3.63, 3.8) is 0 Å². The van der Waals surface area contributed by atoms with Crippen molar-refractivity contribution < 1.29 is 9.53 Å². The van der Waals surface area contributed by atoms with E-state index in [1.54, 1.807) is 47.8 Å². The van der Waals surface area contributed by atoms with Crippen LogP contribution in [0.3, 0.4) is 0 Å². The zero-order valence-corrected chi connectivity index (χ0v) is 15.8. The molecule has 0 unspecified atom stereocenters. The van der Waals surface area contributed by atoms with Gasteiger partial charge in [0.15, 0.2) is 5.82 Å². The Bertz CT molecular complexity index is 1240. The number of nitrogens with zero attached hydrogens (tertiary/aromatic N) is 3. The van der Waals surface area contributed by atoms with Gasteiger partial charge >= 0.3 is 5.97 Å². The minimum absolute atomic E-state index is 0.213. The number of benzene rings is 1. The lowest BCUT2D eigenvalue weighted by molar-refractivity contribution is 0.0600. The van der Waals surface area contributed by atoms with Gasteiger partial charge < -0.3 is 4.74 Å². The molecule has 0 aliphatic carbocycles. The second-order valence-electron chi connectivity index (χ2n) is 5.54. The van der Waals surface area contributed by atoms with Crippen LogP contribution in [0.5, 0.6) is 0 Å². The summed E-state index contributed by atoms with van der Waals surface area (Å²) in [5.41, 5.74) is 1.05. The molecular weight excluding hydrogens is 382 g/mol. The van der Waals surface area contributed by atoms with Crippen molar-refractivity contribution in [2.24, 2.45) is 0 Å². The molecule has 0 aliphatic heterocycles. The molecule has 8 heteroatoms. The average molecular weight is 395 g/mol. The molecule has 0 bridgehead atoms. The van der Waals surface area contributed by atoms with Crippen molar-refractivity contribution in [3.05, 3.63) is 78.5 Å². The lowest BCUT2D eigenvalue weighted by atomic mass is 10.1. The number of hydrogen-bond donors (Lipinski definition) is 0. The molecule has 4 rings (SSSR count). The van der Waals surface area contributed by atoms with E-state index in [9.17, 15) is 9.59 Å². The van der Waals surface area contributed by atoms with E-state index in [1.807, 2.05) is 23.6 Å². The van der Waals surface area contributed by atoms with Crippen LogP contribution in [-0.4, -0.2) is 27.7 Å². The number of thiazole rings is 1. The van der Waals surface area contributed by atoms with Crippen molar-refractivity contribution in [1.29, 1.82) is 0 Å². The Hall–Kier alpha value is -3.10. The fraction of sp³-hybridized carbons (Fsp3) is 0.0526. The molecule has 134 valence electrons. The van der Waals surface area contributed by atoms with Crippen LogP contribution < -0.4 is 10.1 Å². The molecule has 1 aromatic carbocycles. The van der Waals surface area contributed by atoms with Crippen LogP contribution >= 0.6 is 22.7 Å². The van der Waals surface area contributed by atoms with E-state index in [2.05, 4.69) is 14.8 Å². The molecule has 0 saturated heterocycles. The number of ether oxygens (including phenoxy) is 1. The Morgan fingerprint density at radius 3 is 2.67 bits per heavy atom. The number of rotatable bonds is 4. The van der Waals surface area contributed by atoms with Gasteiger partial charge in [-0.05, 0) is 47.4 Å². The lowest BCUT2D eigenvalue weighted by Gasteiger charge is -1.98. The summed E-state index contributed by atoms with van der Waals surface area (Å²) in [7, 11) is 1.34. The maximum Gasteiger partial charge on any atom is 0.337 e. The minimum Gasteiger partial charge on any atom is -0.465 e. The number of carbonyl (C=O) groups excluding carboxylic acids is 1. The molecule has 0 aliphatic rings. The summed E-state index contributed by atoms with van der Waals surface area (Å²) in [6, 6.07) is 10.8. The normalized spacial score (nSPS) is 12.3. The standard InChI is InChI=1S/C19H13N3O3S2/c1-25-18(24)13-6-4-12(5-7-13)11-15-17(23)22-19(27-15)20-16(21-22)9-8-14-3-2-10-26-14/h2-11H,1H3/b9-8+,15-11-. The molecule has 0 fully saturated rings. The third-order valence-electron chi connectivity index (χ3n) is 3.77. The molecule has 0 radical (unpaired) electrons. The summed E-state index contributed by atoms with van der Waals surface area (Å²) < 4.78 is 6.52. The van der Waals surface area contributed by atoms with E-state index in [0.29, 0.717) is 20.9 Å². The predicted molar refractivity (Wildman–Crippen MR) is 107 cm³/mol. The van der Waals surface area contributed by atoms with Gasteiger partial charge in [-0.3, -0.25) is 4.79 Å². The molecule has 3 aromatic heterocycles. The largest absolute Gasteiger partial charge is 0.465 e. The molecule has 27 heavy (non-hydrogen) atoms. The van der Waals surface area contributed by atoms with Crippen molar-refractivity contribution in [3.8, 4) is 0 Å². The Morgan fingerprint density at radius 2 is 2.00 bits per heavy atom. The summed E-state index contributed by atoms with van der Waals surface area (Å²) in [6.07, 6.45) is 5.47. The molecule has 0 N–H and O–H groups in total. The molecule has 4 aromatic rings. The maximum absolute atomic E-state index is 12.5. The predicted octanol–water partition coefficient (Wildman–Crippen LogP) is 2.72. The van der Waals surface area contributed by atoms with Gasteiger partial charge in [0, 0.05) is 4.88 Å². The van der Waals surface area contributed by atoms with Gasteiger partial charge in [-0.15, -0.1) is 16.4 Å². The Morgan fingerprint density at radius 1 is 1.19 bits per heavy atom. The minimum atomic E-state index is -0.395. The third-order valence-corrected chi connectivity index (χ3v) is 5.56. The fourth-order valence-corrected chi connectivity index (χ4v) is 3.98. The number of fused-ring (bicyclic) bond motifs is 1. The maximum atomic E-state index is 12.5. The molecule has 3 heterocycles. The highest BCUT2D eigenvalue weighted by Crippen LogP contribution is 2.13. The van der Waals surface area contributed by atoms with Gasteiger partial charge in [-0.2, -0.15) is 9.50 Å². The van der Waals surface area contributed by atoms with Crippen molar-refractivity contribution in [2.45, 2.75) is 0 Å². The first-order valence-corrected chi connectivity index (χ1v) is 9.65. The number of carbonyl (C=O) groups is 1. The number of thiophene rings is 1. The van der Waals surface area contributed by atoms with Crippen LogP contribution in [0.15, 0.2) is 46.6 Å². The van der Waals surface area contributed by atoms with E-state index in [1.165, 1.54) is 23.0 Å². The van der Waals surface area contributed by atoms with Gasteiger partial charge in [-0.1, -0.05) is 29.5 Å². The van der Waals surface area contributed by atoms with Gasteiger partial charge in [0.05, 0.1) is 17.2 Å². The Kier molecular flexibility index (Phi) is 4.66. The highest BCUT2D eigenvalue weighted by Gasteiger charge is 2.09. The van der Waals surface area contributed by atoms with Crippen LogP contribution in [0, 0.1) is 0 Å². The molecule has 0 atom stereocenters. The molecule has 0 spiro atoms. The summed E-state index contributed by atoms with van der Waals surface area (Å²) >= 11 is 2.90. The van der Waals surface area contributed by atoms with Crippen LogP contribution in [-0.2, 0) is 4.74 Å².